The Balaban J connectivity index is 1.79. The second kappa shape index (κ2) is 6.14. The lowest BCUT2D eigenvalue weighted by molar-refractivity contribution is -0.134. The average molecular weight is 284 g/mol. The quantitative estimate of drug-likeness (QED) is 0.886. The minimum absolute atomic E-state index is 0.0996. The maximum Gasteiger partial charge on any atom is 0.232 e. The van der Waals surface area contributed by atoms with Crippen molar-refractivity contribution in [3.63, 3.8) is 0 Å². The molecule has 1 aromatic heterocycles. The van der Waals surface area contributed by atoms with Crippen LogP contribution in [0.3, 0.4) is 0 Å². The van der Waals surface area contributed by atoms with E-state index >= 15 is 0 Å². The number of carbonyl (C=O) groups excluding carboxylic acids is 1. The van der Waals surface area contributed by atoms with Gasteiger partial charge < -0.3 is 15.1 Å². The van der Waals surface area contributed by atoms with Crippen LogP contribution in [0, 0.1) is 0 Å². The first-order chi connectivity index (χ1) is 10.3. The minimum atomic E-state index is -0.276. The molecule has 0 radical (unpaired) electrons. The van der Waals surface area contributed by atoms with Crippen molar-refractivity contribution in [2.75, 3.05) is 6.54 Å². The fourth-order valence-corrected chi connectivity index (χ4v) is 2.61. The summed E-state index contributed by atoms with van der Waals surface area (Å²) < 4.78 is 5.39. The number of nitrogens with two attached hydrogens (primary N) is 1. The molecule has 1 heterocycles. The fraction of sp³-hybridized carbons (Fsp3) is 0.353. The summed E-state index contributed by atoms with van der Waals surface area (Å²) in [6.07, 6.45) is 3.78. The van der Waals surface area contributed by atoms with Crippen molar-refractivity contribution in [3.05, 3.63) is 60.1 Å². The van der Waals surface area contributed by atoms with E-state index in [0.29, 0.717) is 19.1 Å². The second-order valence-electron chi connectivity index (χ2n) is 5.48. The summed E-state index contributed by atoms with van der Waals surface area (Å²) in [5.74, 6) is 0.642. The van der Waals surface area contributed by atoms with Gasteiger partial charge in [0.2, 0.25) is 5.91 Å². The molecule has 1 saturated carbocycles. The molecule has 1 atom stereocenters. The lowest BCUT2D eigenvalue weighted by Crippen LogP contribution is -2.38. The van der Waals surface area contributed by atoms with Gasteiger partial charge in [0.25, 0.3) is 0 Å². The van der Waals surface area contributed by atoms with E-state index in [9.17, 15) is 4.79 Å². The van der Waals surface area contributed by atoms with Crippen molar-refractivity contribution < 1.29 is 9.21 Å². The highest BCUT2D eigenvalue weighted by Crippen LogP contribution is 2.31. The second-order valence-corrected chi connectivity index (χ2v) is 5.48. The first-order valence-electron chi connectivity index (χ1n) is 7.37. The standard InChI is InChI=1S/C17H20N2O2/c18-11-16(13-5-2-1-3-6-13)17(20)19(14-8-9-14)12-15-7-4-10-21-15/h1-7,10,14,16H,8-9,11-12,18H2. The van der Waals surface area contributed by atoms with Crippen molar-refractivity contribution in [1.29, 1.82) is 0 Å². The van der Waals surface area contributed by atoms with E-state index in [1.54, 1.807) is 6.26 Å². The van der Waals surface area contributed by atoms with E-state index in [4.69, 9.17) is 10.2 Å². The molecular formula is C17H20N2O2. The average Bonchev–Trinajstić information content (AvgIpc) is 3.23. The summed E-state index contributed by atoms with van der Waals surface area (Å²) >= 11 is 0. The Hall–Kier alpha value is -2.07. The number of amides is 1. The van der Waals surface area contributed by atoms with Gasteiger partial charge in [-0.05, 0) is 30.5 Å². The molecule has 0 spiro atoms. The molecule has 1 aliphatic carbocycles. The number of furan rings is 1. The number of benzene rings is 1. The monoisotopic (exact) mass is 284 g/mol. The summed E-state index contributed by atoms with van der Waals surface area (Å²) in [4.78, 5) is 14.8. The van der Waals surface area contributed by atoms with Crippen LogP contribution in [0.5, 0.6) is 0 Å². The third-order valence-corrected chi connectivity index (χ3v) is 3.91. The normalized spacial score (nSPS) is 15.7. The zero-order chi connectivity index (χ0) is 14.7. The van der Waals surface area contributed by atoms with E-state index in [0.717, 1.165) is 24.2 Å². The van der Waals surface area contributed by atoms with E-state index in [1.165, 1.54) is 0 Å². The molecule has 2 aromatic rings. The number of carbonyl (C=O) groups is 1. The molecule has 0 bridgehead atoms. The number of hydrogen-bond acceptors (Lipinski definition) is 3. The predicted molar refractivity (Wildman–Crippen MR) is 80.5 cm³/mol. The van der Waals surface area contributed by atoms with Crippen LogP contribution in [0.2, 0.25) is 0 Å². The van der Waals surface area contributed by atoms with E-state index < -0.39 is 0 Å². The highest BCUT2D eigenvalue weighted by Gasteiger charge is 2.36. The van der Waals surface area contributed by atoms with Crippen molar-refractivity contribution in [2.24, 2.45) is 5.73 Å². The number of rotatable bonds is 6. The topological polar surface area (TPSA) is 59.5 Å². The van der Waals surface area contributed by atoms with Gasteiger partial charge in [0.05, 0.1) is 18.7 Å². The minimum Gasteiger partial charge on any atom is -0.467 e. The molecule has 0 aliphatic heterocycles. The van der Waals surface area contributed by atoms with Gasteiger partial charge >= 0.3 is 0 Å². The van der Waals surface area contributed by atoms with Crippen molar-refractivity contribution >= 4 is 5.91 Å². The van der Waals surface area contributed by atoms with Crippen molar-refractivity contribution in [3.8, 4) is 0 Å². The summed E-state index contributed by atoms with van der Waals surface area (Å²) in [6, 6.07) is 13.9. The van der Waals surface area contributed by atoms with Crippen LogP contribution in [0.4, 0.5) is 0 Å². The van der Waals surface area contributed by atoms with Gasteiger partial charge in [0.1, 0.15) is 5.76 Å². The van der Waals surface area contributed by atoms with Gasteiger partial charge in [-0.3, -0.25) is 4.79 Å². The highest BCUT2D eigenvalue weighted by atomic mass is 16.3. The Morgan fingerprint density at radius 2 is 2.00 bits per heavy atom. The Labute approximate surface area is 124 Å². The first kappa shape index (κ1) is 13.9. The molecule has 1 aromatic carbocycles. The molecule has 4 nitrogen and oxygen atoms in total. The molecular weight excluding hydrogens is 264 g/mol. The van der Waals surface area contributed by atoms with Gasteiger partial charge in [-0.1, -0.05) is 30.3 Å². The van der Waals surface area contributed by atoms with Gasteiger partial charge in [-0.2, -0.15) is 0 Å². The molecule has 1 aliphatic rings. The van der Waals surface area contributed by atoms with E-state index in [2.05, 4.69) is 0 Å². The number of nitrogens with zero attached hydrogens (tertiary/aromatic N) is 1. The Morgan fingerprint density at radius 3 is 2.57 bits per heavy atom. The third kappa shape index (κ3) is 3.16. The van der Waals surface area contributed by atoms with Gasteiger partial charge in [0.15, 0.2) is 0 Å². The maximum atomic E-state index is 12.9. The molecule has 2 N–H and O–H groups in total. The van der Waals surface area contributed by atoms with Crippen LogP contribution in [0.25, 0.3) is 0 Å². The van der Waals surface area contributed by atoms with Crippen LogP contribution < -0.4 is 5.73 Å². The van der Waals surface area contributed by atoms with Crippen LogP contribution >= 0.6 is 0 Å². The van der Waals surface area contributed by atoms with Gasteiger partial charge in [-0.25, -0.2) is 0 Å². The zero-order valence-corrected chi connectivity index (χ0v) is 11.9. The summed E-state index contributed by atoms with van der Waals surface area (Å²) in [5.41, 5.74) is 6.85. The SMILES string of the molecule is NCC(C(=O)N(Cc1ccco1)C1CC1)c1ccccc1. The Bertz CT molecular complexity index is 576. The Morgan fingerprint density at radius 1 is 1.24 bits per heavy atom. The number of hydrogen-bond donors (Lipinski definition) is 1. The molecule has 0 saturated heterocycles. The smallest absolute Gasteiger partial charge is 0.232 e. The summed E-state index contributed by atoms with van der Waals surface area (Å²) in [5, 5.41) is 0. The van der Waals surface area contributed by atoms with Crippen molar-refractivity contribution in [2.45, 2.75) is 31.3 Å². The highest BCUT2D eigenvalue weighted by molar-refractivity contribution is 5.84. The van der Waals surface area contributed by atoms with Crippen LogP contribution in [0.15, 0.2) is 53.1 Å². The summed E-state index contributed by atoms with van der Waals surface area (Å²) in [6.45, 7) is 0.851. The fourth-order valence-electron chi connectivity index (χ4n) is 2.61. The molecule has 21 heavy (non-hydrogen) atoms. The summed E-state index contributed by atoms with van der Waals surface area (Å²) in [7, 11) is 0. The maximum absolute atomic E-state index is 12.9. The molecule has 4 heteroatoms. The van der Waals surface area contributed by atoms with Crippen LogP contribution in [0.1, 0.15) is 30.1 Å². The van der Waals surface area contributed by atoms with Crippen molar-refractivity contribution in [1.82, 2.24) is 4.90 Å². The van der Waals surface area contributed by atoms with Gasteiger partial charge in [-0.15, -0.1) is 0 Å². The zero-order valence-electron chi connectivity index (χ0n) is 11.9. The molecule has 110 valence electrons. The third-order valence-electron chi connectivity index (χ3n) is 3.91. The first-order valence-corrected chi connectivity index (χ1v) is 7.37. The molecule has 1 fully saturated rings. The lowest BCUT2D eigenvalue weighted by Gasteiger charge is -2.26. The lowest BCUT2D eigenvalue weighted by atomic mass is 9.97. The van der Waals surface area contributed by atoms with Crippen LogP contribution in [-0.4, -0.2) is 23.4 Å². The van der Waals surface area contributed by atoms with Crippen LogP contribution in [-0.2, 0) is 11.3 Å². The van der Waals surface area contributed by atoms with Gasteiger partial charge in [0, 0.05) is 12.6 Å². The molecule has 1 amide bonds. The predicted octanol–water partition coefficient (Wildman–Crippen LogP) is 2.51. The van der Waals surface area contributed by atoms with E-state index in [-0.39, 0.29) is 11.8 Å². The largest absolute Gasteiger partial charge is 0.467 e. The molecule has 1 unspecified atom stereocenters. The molecule has 3 rings (SSSR count). The Kier molecular flexibility index (Phi) is 4.06. The van der Waals surface area contributed by atoms with E-state index in [1.807, 2.05) is 47.4 Å².